The lowest BCUT2D eigenvalue weighted by Crippen LogP contribution is -2.49. The van der Waals surface area contributed by atoms with E-state index in [1.165, 1.54) is 11.1 Å². The van der Waals surface area contributed by atoms with Gasteiger partial charge in [-0.25, -0.2) is 9.78 Å². The molecule has 0 unspecified atom stereocenters. The highest BCUT2D eigenvalue weighted by Gasteiger charge is 2.22. The molecule has 0 aliphatic carbocycles. The highest BCUT2D eigenvalue weighted by atomic mass is 35.5. The number of rotatable bonds is 5. The number of hydrogen-bond acceptors (Lipinski definition) is 6. The SMILES string of the molecule is O=C(OCC(=O)N1CCN(Cc2ccc(Cl)s2)CC1)c1ccccn1. The number of pyridine rings is 1. The first kappa shape index (κ1) is 17.8. The summed E-state index contributed by atoms with van der Waals surface area (Å²) >= 11 is 7.53. The molecule has 1 amide bonds. The van der Waals surface area contributed by atoms with E-state index in [-0.39, 0.29) is 18.2 Å². The van der Waals surface area contributed by atoms with E-state index >= 15 is 0 Å². The summed E-state index contributed by atoms with van der Waals surface area (Å²) in [5.41, 5.74) is 0.203. The minimum atomic E-state index is -0.581. The van der Waals surface area contributed by atoms with Crippen LogP contribution in [0.5, 0.6) is 0 Å². The smallest absolute Gasteiger partial charge is 0.357 e. The molecular formula is C17H18ClN3O3S. The second-order valence-electron chi connectivity index (χ2n) is 5.65. The van der Waals surface area contributed by atoms with Crippen molar-refractivity contribution < 1.29 is 14.3 Å². The lowest BCUT2D eigenvalue weighted by atomic mass is 10.3. The number of nitrogens with zero attached hydrogens (tertiary/aromatic N) is 3. The molecule has 132 valence electrons. The van der Waals surface area contributed by atoms with Crippen LogP contribution in [0.3, 0.4) is 0 Å². The Labute approximate surface area is 155 Å². The average molecular weight is 380 g/mol. The molecule has 3 heterocycles. The number of aromatic nitrogens is 1. The van der Waals surface area contributed by atoms with Gasteiger partial charge >= 0.3 is 5.97 Å². The maximum Gasteiger partial charge on any atom is 0.357 e. The van der Waals surface area contributed by atoms with Crippen LogP contribution < -0.4 is 0 Å². The summed E-state index contributed by atoms with van der Waals surface area (Å²) in [7, 11) is 0. The third-order valence-corrected chi connectivity index (χ3v) is 5.15. The van der Waals surface area contributed by atoms with Crippen LogP contribution in [0.25, 0.3) is 0 Å². The molecular weight excluding hydrogens is 362 g/mol. The fourth-order valence-electron chi connectivity index (χ4n) is 2.59. The molecule has 0 N–H and O–H groups in total. The standard InChI is InChI=1S/C17H18ClN3O3S/c18-15-5-4-13(25-15)11-20-7-9-21(10-8-20)16(22)12-24-17(23)14-3-1-2-6-19-14/h1-6H,7-12H2. The number of hydrogen-bond donors (Lipinski definition) is 0. The molecule has 3 rings (SSSR count). The van der Waals surface area contributed by atoms with Gasteiger partial charge in [0.05, 0.1) is 4.34 Å². The first-order valence-corrected chi connectivity index (χ1v) is 9.14. The Hall–Kier alpha value is -1.96. The van der Waals surface area contributed by atoms with Gasteiger partial charge < -0.3 is 9.64 Å². The van der Waals surface area contributed by atoms with Crippen molar-refractivity contribution in [2.45, 2.75) is 6.54 Å². The van der Waals surface area contributed by atoms with E-state index in [9.17, 15) is 9.59 Å². The van der Waals surface area contributed by atoms with Crippen LogP contribution in [-0.4, -0.2) is 59.4 Å². The molecule has 0 aromatic carbocycles. The normalized spacial score (nSPS) is 15.2. The van der Waals surface area contributed by atoms with E-state index < -0.39 is 5.97 Å². The molecule has 1 fully saturated rings. The fourth-order valence-corrected chi connectivity index (χ4v) is 3.72. The number of amides is 1. The van der Waals surface area contributed by atoms with Crippen LogP contribution in [0.4, 0.5) is 0 Å². The minimum absolute atomic E-state index is 0.178. The zero-order valence-corrected chi connectivity index (χ0v) is 15.1. The first-order valence-electron chi connectivity index (χ1n) is 7.94. The van der Waals surface area contributed by atoms with Crippen molar-refractivity contribution in [1.82, 2.24) is 14.8 Å². The molecule has 0 spiro atoms. The van der Waals surface area contributed by atoms with Crippen molar-refractivity contribution in [3.05, 3.63) is 51.4 Å². The van der Waals surface area contributed by atoms with E-state index in [0.717, 1.165) is 24.0 Å². The van der Waals surface area contributed by atoms with E-state index in [0.29, 0.717) is 13.1 Å². The van der Waals surface area contributed by atoms with Gasteiger partial charge in [0.25, 0.3) is 5.91 Å². The zero-order valence-electron chi connectivity index (χ0n) is 13.6. The van der Waals surface area contributed by atoms with Gasteiger partial charge in [0.15, 0.2) is 6.61 Å². The molecule has 6 nitrogen and oxygen atoms in total. The quantitative estimate of drug-likeness (QED) is 0.746. The van der Waals surface area contributed by atoms with E-state index in [2.05, 4.69) is 9.88 Å². The van der Waals surface area contributed by atoms with Crippen LogP contribution in [0.1, 0.15) is 15.4 Å². The van der Waals surface area contributed by atoms with Gasteiger partial charge in [-0.2, -0.15) is 0 Å². The molecule has 1 aliphatic rings. The summed E-state index contributed by atoms with van der Waals surface area (Å²) in [6.07, 6.45) is 1.51. The Balaban J connectivity index is 1.41. The molecule has 0 radical (unpaired) electrons. The first-order chi connectivity index (χ1) is 12.1. The second kappa shape index (κ2) is 8.42. The number of carbonyl (C=O) groups excluding carboxylic acids is 2. The second-order valence-corrected chi connectivity index (χ2v) is 7.45. The van der Waals surface area contributed by atoms with Crippen molar-refractivity contribution in [2.24, 2.45) is 0 Å². The van der Waals surface area contributed by atoms with Gasteiger partial charge in [-0.3, -0.25) is 9.69 Å². The summed E-state index contributed by atoms with van der Waals surface area (Å²) in [6, 6.07) is 8.90. The lowest BCUT2D eigenvalue weighted by molar-refractivity contribution is -0.136. The van der Waals surface area contributed by atoms with Gasteiger partial charge in [-0.05, 0) is 24.3 Å². The Kier molecular flexibility index (Phi) is 6.01. The molecule has 25 heavy (non-hydrogen) atoms. The van der Waals surface area contributed by atoms with Crippen LogP contribution in [0.2, 0.25) is 4.34 Å². The van der Waals surface area contributed by atoms with Crippen LogP contribution >= 0.6 is 22.9 Å². The molecule has 8 heteroatoms. The Morgan fingerprint density at radius 1 is 1.16 bits per heavy atom. The van der Waals surface area contributed by atoms with Crippen molar-refractivity contribution in [2.75, 3.05) is 32.8 Å². The number of piperazine rings is 1. The fraction of sp³-hybridized carbons (Fsp3) is 0.353. The molecule has 0 bridgehead atoms. The monoisotopic (exact) mass is 379 g/mol. The van der Waals surface area contributed by atoms with E-state index in [1.807, 2.05) is 12.1 Å². The van der Waals surface area contributed by atoms with E-state index in [1.54, 1.807) is 34.4 Å². The maximum absolute atomic E-state index is 12.2. The van der Waals surface area contributed by atoms with Crippen molar-refractivity contribution >= 4 is 34.8 Å². The van der Waals surface area contributed by atoms with Crippen molar-refractivity contribution in [1.29, 1.82) is 0 Å². The van der Waals surface area contributed by atoms with Crippen LogP contribution in [0, 0.1) is 0 Å². The topological polar surface area (TPSA) is 62.7 Å². The third kappa shape index (κ3) is 5.01. The predicted molar refractivity (Wildman–Crippen MR) is 95.7 cm³/mol. The Morgan fingerprint density at radius 3 is 2.60 bits per heavy atom. The summed E-state index contributed by atoms with van der Waals surface area (Å²) in [4.78, 5) is 33.1. The van der Waals surface area contributed by atoms with Gasteiger partial charge in [0.2, 0.25) is 0 Å². The molecule has 1 aliphatic heterocycles. The summed E-state index contributed by atoms with van der Waals surface area (Å²) < 4.78 is 5.84. The van der Waals surface area contributed by atoms with Crippen LogP contribution in [0.15, 0.2) is 36.5 Å². The van der Waals surface area contributed by atoms with Gasteiger partial charge in [-0.1, -0.05) is 17.7 Å². The minimum Gasteiger partial charge on any atom is -0.451 e. The van der Waals surface area contributed by atoms with E-state index in [4.69, 9.17) is 16.3 Å². The average Bonchev–Trinajstić information content (AvgIpc) is 3.05. The van der Waals surface area contributed by atoms with Gasteiger partial charge in [0.1, 0.15) is 5.69 Å². The van der Waals surface area contributed by atoms with Crippen molar-refractivity contribution in [3.63, 3.8) is 0 Å². The van der Waals surface area contributed by atoms with Gasteiger partial charge in [0, 0.05) is 43.8 Å². The summed E-state index contributed by atoms with van der Waals surface area (Å²) in [5, 5.41) is 0. The maximum atomic E-state index is 12.2. The largest absolute Gasteiger partial charge is 0.451 e. The highest BCUT2D eigenvalue weighted by Crippen LogP contribution is 2.23. The number of ether oxygens (including phenoxy) is 1. The Bertz CT molecular complexity index is 730. The van der Waals surface area contributed by atoms with Crippen molar-refractivity contribution in [3.8, 4) is 0 Å². The Morgan fingerprint density at radius 2 is 1.96 bits per heavy atom. The summed E-state index contributed by atoms with van der Waals surface area (Å²) in [5.74, 6) is -0.759. The number of carbonyl (C=O) groups is 2. The lowest BCUT2D eigenvalue weighted by Gasteiger charge is -2.34. The predicted octanol–water partition coefficient (Wildman–Crippen LogP) is 2.30. The molecule has 1 saturated heterocycles. The third-order valence-electron chi connectivity index (χ3n) is 3.93. The molecule has 2 aromatic heterocycles. The number of esters is 1. The zero-order chi connectivity index (χ0) is 17.6. The highest BCUT2D eigenvalue weighted by molar-refractivity contribution is 7.16. The summed E-state index contributed by atoms with van der Waals surface area (Å²) in [6.45, 7) is 3.41. The van der Waals surface area contributed by atoms with Gasteiger partial charge in [-0.15, -0.1) is 11.3 Å². The molecule has 0 saturated carbocycles. The van der Waals surface area contributed by atoms with Crippen LogP contribution in [-0.2, 0) is 16.1 Å². The number of halogens is 1. The number of thiophene rings is 1. The molecule has 0 atom stereocenters. The molecule has 2 aromatic rings.